The molecule has 9 nitrogen and oxygen atoms in total. The lowest BCUT2D eigenvalue weighted by atomic mass is 9.87. The number of benzene rings is 1. The number of carbonyl (C=O) groups is 1. The summed E-state index contributed by atoms with van der Waals surface area (Å²) < 4.78 is 6.19. The number of nitrogens with one attached hydrogen (secondary N) is 1. The normalized spacial score (nSPS) is 21.6. The van der Waals surface area contributed by atoms with E-state index in [1.165, 1.54) is 6.42 Å². The Labute approximate surface area is 249 Å². The van der Waals surface area contributed by atoms with Gasteiger partial charge in [0.05, 0.1) is 18.1 Å². The smallest absolute Gasteiger partial charge is 0.303 e. The van der Waals surface area contributed by atoms with Crippen molar-refractivity contribution in [3.05, 3.63) is 58.3 Å². The first-order valence-corrected chi connectivity index (χ1v) is 15.0. The Bertz CT molecular complexity index is 1370. The van der Waals surface area contributed by atoms with Crippen LogP contribution >= 0.6 is 23.2 Å². The van der Waals surface area contributed by atoms with Crippen LogP contribution in [0.2, 0.25) is 10.0 Å². The van der Waals surface area contributed by atoms with Crippen molar-refractivity contribution in [3.8, 4) is 22.9 Å². The van der Waals surface area contributed by atoms with Gasteiger partial charge in [0.1, 0.15) is 0 Å². The highest BCUT2D eigenvalue weighted by atomic mass is 35.5. The van der Waals surface area contributed by atoms with Crippen molar-refractivity contribution in [1.29, 1.82) is 0 Å². The van der Waals surface area contributed by atoms with Crippen molar-refractivity contribution in [2.45, 2.75) is 38.6 Å². The van der Waals surface area contributed by atoms with Gasteiger partial charge in [-0.3, -0.25) is 9.69 Å². The second-order valence-electron chi connectivity index (χ2n) is 11.6. The summed E-state index contributed by atoms with van der Waals surface area (Å²) in [5.74, 6) is 1.18. The van der Waals surface area contributed by atoms with E-state index in [4.69, 9.17) is 38.0 Å². The Morgan fingerprint density at radius 1 is 1.05 bits per heavy atom. The Kier molecular flexibility index (Phi) is 8.30. The number of carboxylic acids is 1. The highest BCUT2D eigenvalue weighted by Crippen LogP contribution is 2.37. The standard InChI is InChI=1S/C30H34Cl2N6O3/c31-23-12-22(13-24(32)14-23)26-9-21(17-37-6-1-20(2-7-37)11-28(39)40)10-27(36-26)41-25-15-34-29(35-16-25)38-8-4-30(19-38)3-5-33-18-30/h9-10,12-16,20,33H,1-8,11,17-19H2,(H,39,40). The van der Waals surface area contributed by atoms with E-state index in [9.17, 15) is 4.79 Å². The number of nitrogens with zero attached hydrogens (tertiary/aromatic N) is 5. The first kappa shape index (κ1) is 28.2. The number of ether oxygens (including phenoxy) is 1. The molecule has 3 fully saturated rings. The lowest BCUT2D eigenvalue weighted by Crippen LogP contribution is -2.33. The molecule has 6 rings (SSSR count). The van der Waals surface area contributed by atoms with Gasteiger partial charge < -0.3 is 20.1 Å². The molecule has 0 radical (unpaired) electrons. The van der Waals surface area contributed by atoms with E-state index in [1.807, 2.05) is 24.3 Å². The van der Waals surface area contributed by atoms with Gasteiger partial charge >= 0.3 is 5.97 Å². The van der Waals surface area contributed by atoms with E-state index in [0.29, 0.717) is 39.3 Å². The Morgan fingerprint density at radius 3 is 2.49 bits per heavy atom. The summed E-state index contributed by atoms with van der Waals surface area (Å²) in [4.78, 5) is 29.7. The predicted octanol–water partition coefficient (Wildman–Crippen LogP) is 5.51. The number of pyridine rings is 1. The molecule has 41 heavy (non-hydrogen) atoms. The molecule has 1 atom stereocenters. The molecule has 1 aromatic carbocycles. The third-order valence-electron chi connectivity index (χ3n) is 8.49. The van der Waals surface area contributed by atoms with Gasteiger partial charge in [0.2, 0.25) is 11.8 Å². The van der Waals surface area contributed by atoms with Gasteiger partial charge in [-0.15, -0.1) is 0 Å². The van der Waals surface area contributed by atoms with Gasteiger partial charge in [-0.2, -0.15) is 0 Å². The maximum atomic E-state index is 11.1. The minimum absolute atomic E-state index is 0.230. The molecule has 3 aliphatic heterocycles. The molecule has 2 N–H and O–H groups in total. The molecule has 0 saturated carbocycles. The van der Waals surface area contributed by atoms with Gasteiger partial charge in [0, 0.05) is 59.7 Å². The molecule has 3 aromatic rings. The Balaban J connectivity index is 1.19. The minimum Gasteiger partial charge on any atom is -0.481 e. The number of hydrogen-bond donors (Lipinski definition) is 2. The number of aromatic nitrogens is 3. The van der Waals surface area contributed by atoms with Crippen molar-refractivity contribution in [1.82, 2.24) is 25.2 Å². The summed E-state index contributed by atoms with van der Waals surface area (Å²) in [7, 11) is 0. The Morgan fingerprint density at radius 2 is 1.80 bits per heavy atom. The fraction of sp³-hybridized carbons (Fsp3) is 0.467. The van der Waals surface area contributed by atoms with Gasteiger partial charge in [0.15, 0.2) is 5.75 Å². The summed E-state index contributed by atoms with van der Waals surface area (Å²) in [5.41, 5.74) is 2.87. The van der Waals surface area contributed by atoms with Crippen molar-refractivity contribution in [2.24, 2.45) is 11.3 Å². The molecule has 0 aliphatic carbocycles. The second kappa shape index (κ2) is 12.1. The number of likely N-dealkylation sites (tertiary alicyclic amines) is 1. The van der Waals surface area contributed by atoms with Crippen LogP contribution in [0.15, 0.2) is 42.7 Å². The maximum absolute atomic E-state index is 11.1. The number of aliphatic carboxylic acids is 1. The fourth-order valence-electron chi connectivity index (χ4n) is 6.30. The predicted molar refractivity (Wildman–Crippen MR) is 159 cm³/mol. The van der Waals surface area contributed by atoms with Gasteiger partial charge in [0.25, 0.3) is 0 Å². The molecule has 2 aromatic heterocycles. The minimum atomic E-state index is -0.725. The topological polar surface area (TPSA) is 104 Å². The molecule has 0 bridgehead atoms. The van der Waals surface area contributed by atoms with Crippen LogP contribution < -0.4 is 15.0 Å². The van der Waals surface area contributed by atoms with Gasteiger partial charge in [-0.25, -0.2) is 15.0 Å². The van der Waals surface area contributed by atoms with E-state index in [1.54, 1.807) is 18.5 Å². The lowest BCUT2D eigenvalue weighted by molar-refractivity contribution is -0.138. The molecular formula is C30H34Cl2N6O3. The zero-order valence-corrected chi connectivity index (χ0v) is 24.4. The molecule has 11 heteroatoms. The molecule has 216 valence electrons. The number of piperidine rings is 1. The van der Waals surface area contributed by atoms with Crippen LogP contribution in [-0.4, -0.2) is 70.2 Å². The number of hydrogen-bond acceptors (Lipinski definition) is 8. The van der Waals surface area contributed by atoms with Gasteiger partial charge in [-0.05, 0) is 81.1 Å². The summed E-state index contributed by atoms with van der Waals surface area (Å²) in [6, 6.07) is 9.32. The lowest BCUT2D eigenvalue weighted by Gasteiger charge is -2.31. The molecule has 0 amide bonds. The summed E-state index contributed by atoms with van der Waals surface area (Å²) in [5, 5.41) is 13.7. The SMILES string of the molecule is O=C(O)CC1CCN(Cc2cc(Oc3cnc(N4CCC5(CCNC5)C4)nc3)nc(-c3cc(Cl)cc(Cl)c3)c2)CC1. The van der Waals surface area contributed by atoms with Crippen LogP contribution in [0.3, 0.4) is 0 Å². The van der Waals surface area contributed by atoms with Crippen LogP contribution in [0.1, 0.15) is 37.7 Å². The molecular weight excluding hydrogens is 563 g/mol. The highest BCUT2D eigenvalue weighted by molar-refractivity contribution is 6.35. The number of halogens is 2. The Hall–Kier alpha value is -2.98. The van der Waals surface area contributed by atoms with Gasteiger partial charge in [-0.1, -0.05) is 23.2 Å². The highest BCUT2D eigenvalue weighted by Gasteiger charge is 2.41. The fourth-order valence-corrected chi connectivity index (χ4v) is 6.83. The maximum Gasteiger partial charge on any atom is 0.303 e. The van der Waals surface area contributed by atoms with Crippen molar-refractivity contribution in [2.75, 3.05) is 44.2 Å². The average Bonchev–Trinajstić information content (AvgIpc) is 3.59. The van der Waals surface area contributed by atoms with Crippen LogP contribution in [0, 0.1) is 11.3 Å². The largest absolute Gasteiger partial charge is 0.481 e. The third-order valence-corrected chi connectivity index (χ3v) is 8.92. The zero-order valence-electron chi connectivity index (χ0n) is 22.9. The number of anilines is 1. The average molecular weight is 598 g/mol. The molecule has 3 saturated heterocycles. The second-order valence-corrected chi connectivity index (χ2v) is 12.5. The molecule has 5 heterocycles. The number of rotatable bonds is 8. The van der Waals surface area contributed by atoms with Crippen LogP contribution in [0.25, 0.3) is 11.3 Å². The quantitative estimate of drug-likeness (QED) is 0.348. The van der Waals surface area contributed by atoms with Crippen molar-refractivity contribution < 1.29 is 14.6 Å². The number of carboxylic acid groups (broad SMARTS) is 1. The van der Waals surface area contributed by atoms with E-state index in [-0.39, 0.29) is 12.3 Å². The summed E-state index contributed by atoms with van der Waals surface area (Å²) in [6.45, 7) is 6.47. The molecule has 1 spiro atoms. The molecule has 3 aliphatic rings. The molecule has 1 unspecified atom stereocenters. The van der Waals surface area contributed by atoms with Crippen molar-refractivity contribution in [3.63, 3.8) is 0 Å². The van der Waals surface area contributed by atoms with E-state index in [0.717, 1.165) is 75.6 Å². The van der Waals surface area contributed by atoms with E-state index >= 15 is 0 Å². The van der Waals surface area contributed by atoms with E-state index < -0.39 is 5.97 Å². The monoisotopic (exact) mass is 596 g/mol. The summed E-state index contributed by atoms with van der Waals surface area (Å²) >= 11 is 12.6. The zero-order chi connectivity index (χ0) is 28.4. The van der Waals surface area contributed by atoms with Crippen LogP contribution in [0.5, 0.6) is 11.6 Å². The van der Waals surface area contributed by atoms with Crippen molar-refractivity contribution >= 4 is 35.1 Å². The van der Waals surface area contributed by atoms with Crippen LogP contribution in [0.4, 0.5) is 5.95 Å². The van der Waals surface area contributed by atoms with Crippen LogP contribution in [-0.2, 0) is 11.3 Å². The first-order chi connectivity index (χ1) is 19.8. The third kappa shape index (κ3) is 6.92. The summed E-state index contributed by atoms with van der Waals surface area (Å²) in [6.07, 6.45) is 7.75. The first-order valence-electron chi connectivity index (χ1n) is 14.2. The van der Waals surface area contributed by atoms with E-state index in [2.05, 4.69) is 25.1 Å².